The molecule has 3 N–H and O–H groups in total. The number of hydrazone groups is 1. The average molecular weight is 388 g/mol. The highest BCUT2D eigenvalue weighted by atomic mass is 79.9. The maximum absolute atomic E-state index is 11.8. The highest BCUT2D eigenvalue weighted by Gasteiger charge is 2.04. The molecule has 0 saturated heterocycles. The molecule has 5 nitrogen and oxygen atoms in total. The lowest BCUT2D eigenvalue weighted by molar-refractivity contribution is -0.119. The third-order valence-corrected chi connectivity index (χ3v) is 3.73. The van der Waals surface area contributed by atoms with Gasteiger partial charge in [0.05, 0.1) is 12.8 Å². The fourth-order valence-electron chi connectivity index (χ4n) is 2.00. The van der Waals surface area contributed by atoms with E-state index in [1.165, 1.54) is 6.21 Å². The Morgan fingerprint density at radius 2 is 2.00 bits per heavy atom. The molecule has 2 aromatic rings. The van der Waals surface area contributed by atoms with Crippen molar-refractivity contribution in [3.63, 3.8) is 0 Å². The Balaban J connectivity index is 1.87. The predicted octanol–water partition coefficient (Wildman–Crippen LogP) is 3.45. The van der Waals surface area contributed by atoms with Gasteiger partial charge in [0.25, 0.3) is 5.91 Å². The summed E-state index contributed by atoms with van der Waals surface area (Å²) in [5.41, 5.74) is 4.56. The van der Waals surface area contributed by atoms with Crippen LogP contribution in [0.25, 0.3) is 0 Å². The molecular weight excluding hydrogens is 370 g/mol. The highest BCUT2D eigenvalue weighted by molar-refractivity contribution is 9.10. The van der Waals surface area contributed by atoms with E-state index >= 15 is 0 Å². The van der Waals surface area contributed by atoms with Crippen molar-refractivity contribution in [2.24, 2.45) is 5.10 Å². The molecule has 0 atom stereocenters. The summed E-state index contributed by atoms with van der Waals surface area (Å²) in [6, 6.07) is 12.9. The number of nitrogens with one attached hydrogen (secondary N) is 2. The molecule has 24 heavy (non-hydrogen) atoms. The number of amides is 1. The summed E-state index contributed by atoms with van der Waals surface area (Å²) in [6.07, 6.45) is 3.70. The quantitative estimate of drug-likeness (QED) is 0.387. The minimum Gasteiger partial charge on any atom is -0.507 e. The number of halogens is 1. The molecule has 6 heteroatoms. The Bertz CT molecular complexity index is 742. The summed E-state index contributed by atoms with van der Waals surface area (Å²) < 4.78 is 0.973. The van der Waals surface area contributed by atoms with Crippen LogP contribution in [0.4, 0.5) is 5.69 Å². The van der Waals surface area contributed by atoms with Crippen LogP contribution in [-0.4, -0.2) is 23.8 Å². The number of hydrogen-bond acceptors (Lipinski definition) is 4. The van der Waals surface area contributed by atoms with Gasteiger partial charge in [-0.2, -0.15) is 5.10 Å². The second kappa shape index (κ2) is 8.88. The number of nitrogens with zero attached hydrogens (tertiary/aromatic N) is 1. The molecule has 0 aromatic heterocycles. The molecule has 0 spiro atoms. The van der Waals surface area contributed by atoms with E-state index in [4.69, 9.17) is 0 Å². The number of benzene rings is 2. The van der Waals surface area contributed by atoms with Crippen molar-refractivity contribution in [3.05, 3.63) is 70.7 Å². The van der Waals surface area contributed by atoms with E-state index in [1.807, 2.05) is 36.4 Å². The van der Waals surface area contributed by atoms with Crippen molar-refractivity contribution < 1.29 is 9.90 Å². The van der Waals surface area contributed by atoms with Crippen molar-refractivity contribution in [1.29, 1.82) is 0 Å². The molecule has 0 aliphatic heterocycles. The Morgan fingerprint density at radius 1 is 1.25 bits per heavy atom. The van der Waals surface area contributed by atoms with Gasteiger partial charge in [0.15, 0.2) is 0 Å². The largest absolute Gasteiger partial charge is 0.507 e. The van der Waals surface area contributed by atoms with Gasteiger partial charge in [-0.1, -0.05) is 34.1 Å². The monoisotopic (exact) mass is 387 g/mol. The topological polar surface area (TPSA) is 73.7 Å². The maximum Gasteiger partial charge on any atom is 0.259 e. The number of anilines is 1. The van der Waals surface area contributed by atoms with Crippen LogP contribution in [0.1, 0.15) is 11.1 Å². The molecule has 124 valence electrons. The summed E-state index contributed by atoms with van der Waals surface area (Å²) in [5.74, 6) is -0.140. The van der Waals surface area contributed by atoms with Crippen molar-refractivity contribution in [1.82, 2.24) is 5.43 Å². The Labute approximate surface area is 149 Å². The highest BCUT2D eigenvalue weighted by Crippen LogP contribution is 2.21. The van der Waals surface area contributed by atoms with Crippen LogP contribution in [0.15, 0.2) is 64.7 Å². The second-order valence-corrected chi connectivity index (χ2v) is 5.92. The van der Waals surface area contributed by atoms with Crippen LogP contribution in [0, 0.1) is 0 Å². The Hall–Kier alpha value is -2.60. The molecule has 0 fully saturated rings. The molecular formula is C18H18BrN3O2. The van der Waals surface area contributed by atoms with Gasteiger partial charge >= 0.3 is 0 Å². The average Bonchev–Trinajstić information content (AvgIpc) is 2.58. The zero-order chi connectivity index (χ0) is 17.4. The summed E-state index contributed by atoms with van der Waals surface area (Å²) in [5, 5.41) is 17.0. The van der Waals surface area contributed by atoms with Crippen LogP contribution >= 0.6 is 15.9 Å². The Kier molecular flexibility index (Phi) is 6.57. The lowest BCUT2D eigenvalue weighted by Crippen LogP contribution is -2.25. The number of carbonyl (C=O) groups is 1. The van der Waals surface area contributed by atoms with Crippen LogP contribution < -0.4 is 10.7 Å². The third kappa shape index (κ3) is 5.24. The Morgan fingerprint density at radius 3 is 2.71 bits per heavy atom. The van der Waals surface area contributed by atoms with Crippen molar-refractivity contribution in [2.75, 3.05) is 11.9 Å². The fraction of sp³-hybridized carbons (Fsp3) is 0.111. The summed E-state index contributed by atoms with van der Waals surface area (Å²) in [6.45, 7) is 3.75. The van der Waals surface area contributed by atoms with E-state index in [2.05, 4.69) is 38.4 Å². The minimum absolute atomic E-state index is 0.0987. The first-order chi connectivity index (χ1) is 11.6. The third-order valence-electron chi connectivity index (χ3n) is 3.21. The van der Waals surface area contributed by atoms with E-state index < -0.39 is 0 Å². The number of aromatic hydroxyl groups is 1. The molecule has 1 amide bonds. The second-order valence-electron chi connectivity index (χ2n) is 5.00. The van der Waals surface area contributed by atoms with Crippen LogP contribution in [-0.2, 0) is 11.2 Å². The van der Waals surface area contributed by atoms with Crippen LogP contribution in [0.5, 0.6) is 5.75 Å². The van der Waals surface area contributed by atoms with Crippen molar-refractivity contribution in [3.8, 4) is 5.75 Å². The van der Waals surface area contributed by atoms with Crippen molar-refractivity contribution >= 4 is 33.7 Å². The van der Waals surface area contributed by atoms with Crippen LogP contribution in [0.3, 0.4) is 0 Å². The first kappa shape index (κ1) is 17.7. The van der Waals surface area contributed by atoms with Crippen molar-refractivity contribution in [2.45, 2.75) is 6.42 Å². The van der Waals surface area contributed by atoms with Gasteiger partial charge in [-0.15, -0.1) is 6.58 Å². The number of phenols is 1. The summed E-state index contributed by atoms with van der Waals surface area (Å²) in [7, 11) is 0. The molecule has 2 aromatic carbocycles. The smallest absolute Gasteiger partial charge is 0.259 e. The van der Waals surface area contributed by atoms with E-state index in [1.54, 1.807) is 12.1 Å². The van der Waals surface area contributed by atoms with E-state index in [-0.39, 0.29) is 18.2 Å². The summed E-state index contributed by atoms with van der Waals surface area (Å²) in [4.78, 5) is 11.8. The molecule has 0 saturated carbocycles. The van der Waals surface area contributed by atoms with E-state index in [0.717, 1.165) is 15.7 Å². The number of allylic oxidation sites excluding steroid dienone is 1. The predicted molar refractivity (Wildman–Crippen MR) is 100 cm³/mol. The summed E-state index contributed by atoms with van der Waals surface area (Å²) >= 11 is 3.35. The van der Waals surface area contributed by atoms with Gasteiger partial charge in [0, 0.05) is 15.7 Å². The van der Waals surface area contributed by atoms with Gasteiger partial charge < -0.3 is 10.4 Å². The van der Waals surface area contributed by atoms with E-state index in [9.17, 15) is 9.90 Å². The van der Waals surface area contributed by atoms with E-state index in [0.29, 0.717) is 12.0 Å². The molecule has 0 radical (unpaired) electrons. The number of hydrogen-bond donors (Lipinski definition) is 3. The first-order valence-corrected chi connectivity index (χ1v) is 8.12. The lowest BCUT2D eigenvalue weighted by Gasteiger charge is -2.06. The standard InChI is InChI=1S/C18H18BrN3O2/c1-2-4-13-5-3-6-14(18(13)24)11-21-22-17(23)12-20-16-9-7-15(19)8-10-16/h2-3,5-11,20,24H,1,4,12H2,(H,22,23)/b21-11-. The molecule has 0 heterocycles. The lowest BCUT2D eigenvalue weighted by atomic mass is 10.1. The molecule has 0 aliphatic rings. The van der Waals surface area contributed by atoms with Gasteiger partial charge in [-0.3, -0.25) is 4.79 Å². The zero-order valence-electron chi connectivity index (χ0n) is 13.0. The van der Waals surface area contributed by atoms with Gasteiger partial charge in [-0.25, -0.2) is 5.43 Å². The minimum atomic E-state index is -0.282. The zero-order valence-corrected chi connectivity index (χ0v) is 14.6. The number of phenolic OH excluding ortho intramolecular Hbond substituents is 1. The fourth-order valence-corrected chi connectivity index (χ4v) is 2.26. The normalized spacial score (nSPS) is 10.5. The molecule has 0 unspecified atom stereocenters. The molecule has 0 aliphatic carbocycles. The maximum atomic E-state index is 11.8. The van der Waals surface area contributed by atoms with Gasteiger partial charge in [0.1, 0.15) is 5.75 Å². The van der Waals surface area contributed by atoms with Gasteiger partial charge in [0.2, 0.25) is 0 Å². The molecule has 0 bridgehead atoms. The SMILES string of the molecule is C=CCc1cccc(/C=N\NC(=O)CNc2ccc(Br)cc2)c1O. The number of carbonyl (C=O) groups excluding carboxylic acids is 1. The first-order valence-electron chi connectivity index (χ1n) is 7.33. The number of rotatable bonds is 7. The van der Waals surface area contributed by atoms with Gasteiger partial charge in [-0.05, 0) is 42.3 Å². The number of para-hydroxylation sites is 1. The van der Waals surface area contributed by atoms with Crippen LogP contribution in [0.2, 0.25) is 0 Å². The molecule has 2 rings (SSSR count).